The minimum absolute atomic E-state index is 0.0789. The fourth-order valence-corrected chi connectivity index (χ4v) is 8.09. The molecule has 0 saturated heterocycles. The lowest BCUT2D eigenvalue weighted by molar-refractivity contribution is 0.0789. The lowest BCUT2D eigenvalue weighted by atomic mass is 9.70. The van der Waals surface area contributed by atoms with Crippen LogP contribution in [0.4, 0.5) is 0 Å². The maximum absolute atomic E-state index is 12.7. The summed E-state index contributed by atoms with van der Waals surface area (Å²) >= 11 is 10.3. The molecule has 0 N–H and O–H groups in total. The fourth-order valence-electron chi connectivity index (χ4n) is 4.45. The summed E-state index contributed by atoms with van der Waals surface area (Å²) in [5, 5.41) is 0. The van der Waals surface area contributed by atoms with Crippen molar-refractivity contribution in [1.29, 1.82) is 0 Å². The van der Waals surface area contributed by atoms with Crippen molar-refractivity contribution in [3.63, 3.8) is 0 Å². The molecule has 0 aromatic carbocycles. The Morgan fingerprint density at radius 2 is 1.18 bits per heavy atom. The standard InChI is InChI=1S/C16H10Br2O2S2/c17-11-4-10-14(20)6-2-8-5(1-7(6)15(10)21-11)13(19)9-3-12(18)22-16(8)9/h3-8H,1-2H2. The molecule has 6 heteroatoms. The second-order valence-corrected chi connectivity index (χ2v) is 11.2. The van der Waals surface area contributed by atoms with Crippen LogP contribution in [0.25, 0.3) is 0 Å². The van der Waals surface area contributed by atoms with Gasteiger partial charge in [0.25, 0.3) is 0 Å². The maximum Gasteiger partial charge on any atom is 0.167 e. The molecule has 22 heavy (non-hydrogen) atoms. The van der Waals surface area contributed by atoms with Gasteiger partial charge in [0, 0.05) is 44.6 Å². The minimum atomic E-state index is 0.0789. The smallest absolute Gasteiger partial charge is 0.167 e. The van der Waals surface area contributed by atoms with Crippen molar-refractivity contribution in [2.24, 2.45) is 11.8 Å². The molecule has 0 bridgehead atoms. The number of halogens is 2. The molecule has 2 nitrogen and oxygen atoms in total. The van der Waals surface area contributed by atoms with E-state index in [1.807, 2.05) is 12.1 Å². The van der Waals surface area contributed by atoms with Crippen molar-refractivity contribution >= 4 is 66.1 Å². The number of Topliss-reactive ketones (excluding diaryl/α,β-unsaturated/α-hetero) is 2. The van der Waals surface area contributed by atoms with Crippen LogP contribution in [0, 0.1) is 11.8 Å². The molecule has 0 aliphatic heterocycles. The molecule has 0 radical (unpaired) electrons. The van der Waals surface area contributed by atoms with Gasteiger partial charge in [-0.15, -0.1) is 22.7 Å². The van der Waals surface area contributed by atoms with E-state index in [4.69, 9.17) is 0 Å². The third-order valence-electron chi connectivity index (χ3n) is 5.33. The monoisotopic (exact) mass is 456 g/mol. The highest BCUT2D eigenvalue weighted by atomic mass is 79.9. The molecule has 4 unspecified atom stereocenters. The van der Waals surface area contributed by atoms with Crippen LogP contribution in [-0.2, 0) is 0 Å². The Bertz CT molecular complexity index is 780. The molecule has 2 aromatic rings. The van der Waals surface area contributed by atoms with Crippen LogP contribution in [0.1, 0.15) is 55.1 Å². The number of carbonyl (C=O) groups is 2. The van der Waals surface area contributed by atoms with Gasteiger partial charge in [0.15, 0.2) is 11.6 Å². The van der Waals surface area contributed by atoms with E-state index >= 15 is 0 Å². The summed E-state index contributed by atoms with van der Waals surface area (Å²) in [7, 11) is 0. The summed E-state index contributed by atoms with van der Waals surface area (Å²) in [6.45, 7) is 0. The summed E-state index contributed by atoms with van der Waals surface area (Å²) in [5.74, 6) is 1.24. The molecule has 5 rings (SSSR count). The minimum Gasteiger partial charge on any atom is -0.294 e. The number of thiophene rings is 2. The third kappa shape index (κ3) is 1.70. The zero-order chi connectivity index (χ0) is 15.2. The number of hydrogen-bond acceptors (Lipinski definition) is 4. The van der Waals surface area contributed by atoms with E-state index in [0.29, 0.717) is 0 Å². The quantitative estimate of drug-likeness (QED) is 0.514. The Balaban J connectivity index is 1.58. The van der Waals surface area contributed by atoms with Gasteiger partial charge in [0.1, 0.15) is 0 Å². The summed E-state index contributed by atoms with van der Waals surface area (Å²) in [5.41, 5.74) is 1.79. The van der Waals surface area contributed by atoms with E-state index in [-0.39, 0.29) is 35.2 Å². The topological polar surface area (TPSA) is 34.1 Å². The number of ketones is 2. The summed E-state index contributed by atoms with van der Waals surface area (Å²) in [6.07, 6.45) is 1.66. The summed E-state index contributed by atoms with van der Waals surface area (Å²) in [6, 6.07) is 3.93. The van der Waals surface area contributed by atoms with Gasteiger partial charge < -0.3 is 0 Å². The zero-order valence-electron chi connectivity index (χ0n) is 11.3. The van der Waals surface area contributed by atoms with Crippen LogP contribution in [0.15, 0.2) is 19.7 Å². The molecular formula is C16H10Br2O2S2. The molecule has 1 saturated carbocycles. The first-order valence-electron chi connectivity index (χ1n) is 7.21. The molecule has 0 spiro atoms. The van der Waals surface area contributed by atoms with Crippen LogP contribution < -0.4 is 0 Å². The van der Waals surface area contributed by atoms with Crippen LogP contribution in [-0.4, -0.2) is 11.6 Å². The van der Waals surface area contributed by atoms with E-state index in [1.54, 1.807) is 22.7 Å². The number of fused-ring (bicyclic) bond motifs is 6. The molecule has 3 aliphatic rings. The zero-order valence-corrected chi connectivity index (χ0v) is 16.1. The van der Waals surface area contributed by atoms with E-state index in [2.05, 4.69) is 31.9 Å². The van der Waals surface area contributed by atoms with Crippen LogP contribution in [0.5, 0.6) is 0 Å². The second kappa shape index (κ2) is 4.62. The van der Waals surface area contributed by atoms with Gasteiger partial charge in [0.2, 0.25) is 0 Å². The first-order valence-corrected chi connectivity index (χ1v) is 10.4. The molecule has 4 atom stereocenters. The first-order chi connectivity index (χ1) is 10.5. The largest absolute Gasteiger partial charge is 0.294 e. The molecule has 3 aliphatic carbocycles. The third-order valence-corrected chi connectivity index (χ3v) is 8.87. The highest BCUT2D eigenvalue weighted by Gasteiger charge is 2.53. The van der Waals surface area contributed by atoms with Crippen molar-refractivity contribution < 1.29 is 9.59 Å². The number of rotatable bonds is 0. The Labute approximate surface area is 152 Å². The van der Waals surface area contributed by atoms with Gasteiger partial charge in [-0.1, -0.05) is 0 Å². The maximum atomic E-state index is 12.7. The van der Waals surface area contributed by atoms with Crippen molar-refractivity contribution in [2.75, 3.05) is 0 Å². The predicted molar refractivity (Wildman–Crippen MR) is 94.4 cm³/mol. The molecule has 2 aromatic heterocycles. The Morgan fingerprint density at radius 3 is 1.59 bits per heavy atom. The van der Waals surface area contributed by atoms with Gasteiger partial charge in [-0.05, 0) is 56.8 Å². The SMILES string of the molecule is O=C1c2cc(Br)sc2C2CC3C(=O)c4cc(Br)sc4C3CC12. The second-order valence-electron chi connectivity index (χ2n) is 6.28. The Hall–Kier alpha value is -0.300. The average Bonchev–Trinajstić information content (AvgIpc) is 3.17. The van der Waals surface area contributed by atoms with Crippen molar-refractivity contribution in [1.82, 2.24) is 0 Å². The number of carbonyl (C=O) groups excluding carboxylic acids is 2. The molecule has 112 valence electrons. The van der Waals surface area contributed by atoms with Crippen LogP contribution in [0.3, 0.4) is 0 Å². The lowest BCUT2D eigenvalue weighted by Crippen LogP contribution is -2.29. The fraction of sp³-hybridized carbons (Fsp3) is 0.375. The van der Waals surface area contributed by atoms with Gasteiger partial charge >= 0.3 is 0 Å². The van der Waals surface area contributed by atoms with E-state index in [0.717, 1.165) is 31.5 Å². The van der Waals surface area contributed by atoms with Gasteiger partial charge in [-0.2, -0.15) is 0 Å². The van der Waals surface area contributed by atoms with E-state index in [1.165, 1.54) is 9.75 Å². The van der Waals surface area contributed by atoms with Crippen LogP contribution >= 0.6 is 54.5 Å². The molecule has 1 fully saturated rings. The lowest BCUT2D eigenvalue weighted by Gasteiger charge is -2.33. The van der Waals surface area contributed by atoms with Crippen molar-refractivity contribution in [2.45, 2.75) is 24.7 Å². The molecular weight excluding hydrogens is 448 g/mol. The highest BCUT2D eigenvalue weighted by Crippen LogP contribution is 2.59. The van der Waals surface area contributed by atoms with Gasteiger partial charge in [-0.25, -0.2) is 0 Å². The Morgan fingerprint density at radius 1 is 0.773 bits per heavy atom. The summed E-state index contributed by atoms with van der Waals surface area (Å²) < 4.78 is 2.04. The van der Waals surface area contributed by atoms with Crippen molar-refractivity contribution in [3.05, 3.63) is 40.6 Å². The van der Waals surface area contributed by atoms with E-state index < -0.39 is 0 Å². The predicted octanol–water partition coefficient (Wildman–Crippen LogP) is 5.62. The van der Waals surface area contributed by atoms with Crippen molar-refractivity contribution in [3.8, 4) is 0 Å². The summed E-state index contributed by atoms with van der Waals surface area (Å²) in [4.78, 5) is 27.9. The number of hydrogen-bond donors (Lipinski definition) is 0. The normalized spacial score (nSPS) is 31.9. The van der Waals surface area contributed by atoms with Crippen LogP contribution in [0.2, 0.25) is 0 Å². The van der Waals surface area contributed by atoms with E-state index in [9.17, 15) is 9.59 Å². The van der Waals surface area contributed by atoms with Gasteiger partial charge in [0.05, 0.1) is 7.57 Å². The molecule has 0 amide bonds. The Kier molecular flexibility index (Phi) is 2.96. The van der Waals surface area contributed by atoms with Gasteiger partial charge in [-0.3, -0.25) is 9.59 Å². The molecule has 2 heterocycles. The highest BCUT2D eigenvalue weighted by molar-refractivity contribution is 9.11. The average molecular weight is 458 g/mol. The first kappa shape index (κ1) is 14.1.